The molecule has 0 aliphatic heterocycles. The highest BCUT2D eigenvalue weighted by molar-refractivity contribution is 7.22. The van der Waals surface area contributed by atoms with E-state index in [1.54, 1.807) is 30.3 Å². The fourth-order valence-corrected chi connectivity index (χ4v) is 4.45. The molecule has 0 spiro atoms. The lowest BCUT2D eigenvalue weighted by Crippen LogP contribution is -2.11. The van der Waals surface area contributed by atoms with Gasteiger partial charge in [-0.3, -0.25) is 4.79 Å². The van der Waals surface area contributed by atoms with Gasteiger partial charge in [-0.1, -0.05) is 52.5 Å². The third kappa shape index (κ3) is 3.05. The maximum absolute atomic E-state index is 12.6. The number of ether oxygens (including phenoxy) is 1. The van der Waals surface area contributed by atoms with Crippen LogP contribution in [0.5, 0.6) is 5.75 Å². The number of hydrogen-bond donors (Lipinski definition) is 1. The van der Waals surface area contributed by atoms with Crippen LogP contribution in [-0.2, 0) is 0 Å². The number of rotatable bonds is 3. The van der Waals surface area contributed by atoms with Gasteiger partial charge in [-0.2, -0.15) is 0 Å². The largest absolute Gasteiger partial charge is 0.495 e. The van der Waals surface area contributed by atoms with E-state index in [0.29, 0.717) is 46.5 Å². The predicted molar refractivity (Wildman–Crippen MR) is 103 cm³/mol. The van der Waals surface area contributed by atoms with Gasteiger partial charge in [0.2, 0.25) is 0 Å². The SMILES string of the molecule is COc1ccc2c(Cl)c(C(=O)Nc3c(Cl)cccc3Cl)sc2c1Cl. The van der Waals surface area contributed by atoms with Crippen LogP contribution in [0.1, 0.15) is 9.67 Å². The van der Waals surface area contributed by atoms with Gasteiger partial charge in [0.05, 0.1) is 32.6 Å². The van der Waals surface area contributed by atoms with Gasteiger partial charge >= 0.3 is 0 Å². The van der Waals surface area contributed by atoms with E-state index in [1.807, 2.05) is 0 Å². The molecule has 0 atom stereocenters. The Balaban J connectivity index is 2.05. The first-order chi connectivity index (χ1) is 11.4. The fraction of sp³-hybridized carbons (Fsp3) is 0.0625. The number of halogens is 4. The third-order valence-corrected chi connectivity index (χ3v) is 6.17. The van der Waals surface area contributed by atoms with Gasteiger partial charge in [-0.25, -0.2) is 0 Å². The molecule has 2 aromatic carbocycles. The number of methoxy groups -OCH3 is 1. The topological polar surface area (TPSA) is 38.3 Å². The lowest BCUT2D eigenvalue weighted by molar-refractivity contribution is 0.103. The Morgan fingerprint density at radius 2 is 1.71 bits per heavy atom. The molecule has 1 aromatic heterocycles. The Morgan fingerprint density at radius 1 is 1.04 bits per heavy atom. The van der Waals surface area contributed by atoms with Gasteiger partial charge in [-0.05, 0) is 24.3 Å². The Kier molecular flexibility index (Phi) is 5.13. The van der Waals surface area contributed by atoms with Crippen molar-refractivity contribution in [2.45, 2.75) is 0 Å². The van der Waals surface area contributed by atoms with Crippen molar-refractivity contribution in [3.8, 4) is 5.75 Å². The van der Waals surface area contributed by atoms with Crippen molar-refractivity contribution in [3.63, 3.8) is 0 Å². The second kappa shape index (κ2) is 6.98. The number of carbonyl (C=O) groups excluding carboxylic acids is 1. The Hall–Kier alpha value is -1.17. The number of amides is 1. The molecular formula is C16H9Cl4NO2S. The molecule has 3 nitrogen and oxygen atoms in total. The molecule has 3 rings (SSSR count). The molecule has 0 saturated carbocycles. The minimum atomic E-state index is -0.411. The summed E-state index contributed by atoms with van der Waals surface area (Å²) in [4.78, 5) is 12.9. The first-order valence-electron chi connectivity index (χ1n) is 6.64. The third-order valence-electron chi connectivity index (χ3n) is 3.33. The lowest BCUT2D eigenvalue weighted by Gasteiger charge is -2.08. The molecule has 1 heterocycles. The zero-order valence-electron chi connectivity index (χ0n) is 12.1. The molecule has 1 N–H and O–H groups in total. The molecule has 0 bridgehead atoms. The Labute approximate surface area is 162 Å². The summed E-state index contributed by atoms with van der Waals surface area (Å²) >= 11 is 26.0. The monoisotopic (exact) mass is 419 g/mol. The summed E-state index contributed by atoms with van der Waals surface area (Å²) in [5.74, 6) is 0.106. The van der Waals surface area contributed by atoms with E-state index in [1.165, 1.54) is 18.4 Å². The van der Waals surface area contributed by atoms with Gasteiger partial charge in [-0.15, -0.1) is 11.3 Å². The van der Waals surface area contributed by atoms with Crippen LogP contribution in [0.25, 0.3) is 10.1 Å². The molecule has 3 aromatic rings. The second-order valence-corrected chi connectivity index (χ2v) is 7.35. The van der Waals surface area contributed by atoms with Crippen LogP contribution in [-0.4, -0.2) is 13.0 Å². The molecule has 0 radical (unpaired) electrons. The molecule has 0 saturated heterocycles. The average molecular weight is 421 g/mol. The van der Waals surface area contributed by atoms with Crippen LogP contribution in [0.3, 0.4) is 0 Å². The van der Waals surface area contributed by atoms with E-state index >= 15 is 0 Å². The molecule has 0 fully saturated rings. The molecule has 0 aliphatic carbocycles. The number of benzene rings is 2. The highest BCUT2D eigenvalue weighted by Gasteiger charge is 2.21. The van der Waals surface area contributed by atoms with E-state index in [9.17, 15) is 4.79 Å². The number of nitrogens with one attached hydrogen (secondary N) is 1. The van der Waals surface area contributed by atoms with Crippen LogP contribution >= 0.6 is 57.7 Å². The number of para-hydroxylation sites is 1. The van der Waals surface area contributed by atoms with E-state index in [2.05, 4.69) is 5.32 Å². The summed E-state index contributed by atoms with van der Waals surface area (Å²) in [6.07, 6.45) is 0. The van der Waals surface area contributed by atoms with Crippen LogP contribution in [0.4, 0.5) is 5.69 Å². The van der Waals surface area contributed by atoms with Gasteiger partial charge in [0.25, 0.3) is 5.91 Å². The number of thiophene rings is 1. The zero-order chi connectivity index (χ0) is 17.4. The smallest absolute Gasteiger partial charge is 0.267 e. The van der Waals surface area contributed by atoms with E-state index in [0.717, 1.165) is 0 Å². The van der Waals surface area contributed by atoms with E-state index in [4.69, 9.17) is 51.1 Å². The van der Waals surface area contributed by atoms with E-state index < -0.39 is 5.91 Å². The fourth-order valence-electron chi connectivity index (χ4n) is 2.17. The Bertz CT molecular complexity index is 935. The summed E-state index contributed by atoms with van der Waals surface area (Å²) in [6, 6.07) is 8.43. The minimum Gasteiger partial charge on any atom is -0.495 e. The van der Waals surface area contributed by atoms with Crippen molar-refractivity contribution in [2.24, 2.45) is 0 Å². The quantitative estimate of drug-likeness (QED) is 0.507. The number of hydrogen-bond acceptors (Lipinski definition) is 3. The van der Waals surface area contributed by atoms with E-state index in [-0.39, 0.29) is 0 Å². The van der Waals surface area contributed by atoms with Crippen molar-refractivity contribution in [1.82, 2.24) is 0 Å². The van der Waals surface area contributed by atoms with Crippen LogP contribution in [0, 0.1) is 0 Å². The first kappa shape index (κ1) is 17.6. The minimum absolute atomic E-state index is 0.317. The first-order valence-corrected chi connectivity index (χ1v) is 8.96. The van der Waals surface area contributed by atoms with Gasteiger partial charge in [0, 0.05) is 5.39 Å². The van der Waals surface area contributed by atoms with Gasteiger partial charge in [0.1, 0.15) is 15.6 Å². The normalized spacial score (nSPS) is 10.9. The molecule has 124 valence electrons. The molecule has 1 amide bonds. The molecular weight excluding hydrogens is 412 g/mol. The van der Waals surface area contributed by atoms with Crippen molar-refractivity contribution in [2.75, 3.05) is 12.4 Å². The van der Waals surface area contributed by atoms with Crippen molar-refractivity contribution in [1.29, 1.82) is 0 Å². The zero-order valence-corrected chi connectivity index (χ0v) is 16.0. The summed E-state index contributed by atoms with van der Waals surface area (Å²) in [6.45, 7) is 0. The maximum atomic E-state index is 12.6. The number of anilines is 1. The molecule has 0 unspecified atom stereocenters. The van der Waals surface area contributed by atoms with Gasteiger partial charge in [0.15, 0.2) is 0 Å². The summed E-state index contributed by atoms with van der Waals surface area (Å²) in [7, 11) is 1.52. The lowest BCUT2D eigenvalue weighted by atomic mass is 10.2. The highest BCUT2D eigenvalue weighted by atomic mass is 35.5. The average Bonchev–Trinajstić information content (AvgIpc) is 2.89. The summed E-state index contributed by atoms with van der Waals surface area (Å²) < 4.78 is 5.86. The molecule has 24 heavy (non-hydrogen) atoms. The number of fused-ring (bicyclic) bond motifs is 1. The molecule has 8 heteroatoms. The maximum Gasteiger partial charge on any atom is 0.267 e. The van der Waals surface area contributed by atoms with Crippen molar-refractivity contribution < 1.29 is 9.53 Å². The Morgan fingerprint density at radius 3 is 2.33 bits per heavy atom. The number of carbonyl (C=O) groups is 1. The standard InChI is InChI=1S/C16H9Cl4NO2S/c1-23-10-6-5-7-11(19)15(24-14(7)12(10)20)16(22)21-13-8(17)3-2-4-9(13)18/h2-6H,1H3,(H,21,22). The molecule has 0 aliphatic rings. The van der Waals surface area contributed by atoms with Gasteiger partial charge < -0.3 is 10.1 Å². The summed E-state index contributed by atoms with van der Waals surface area (Å²) in [5.41, 5.74) is 0.336. The van der Waals surface area contributed by atoms with Crippen LogP contribution in [0.2, 0.25) is 20.1 Å². The highest BCUT2D eigenvalue weighted by Crippen LogP contribution is 2.43. The van der Waals surface area contributed by atoms with Crippen molar-refractivity contribution >= 4 is 79.4 Å². The van der Waals surface area contributed by atoms with Crippen molar-refractivity contribution in [3.05, 3.63) is 55.3 Å². The van der Waals surface area contributed by atoms with Crippen LogP contribution < -0.4 is 10.1 Å². The second-order valence-electron chi connectivity index (χ2n) is 4.75. The summed E-state index contributed by atoms with van der Waals surface area (Å²) in [5, 5.41) is 4.79. The van der Waals surface area contributed by atoms with Crippen LogP contribution in [0.15, 0.2) is 30.3 Å². The predicted octanol–water partition coefficient (Wildman–Crippen LogP) is 6.78.